The van der Waals surface area contributed by atoms with Crippen LogP contribution in [-0.4, -0.2) is 30.7 Å². The maximum atomic E-state index is 12.3. The Morgan fingerprint density at radius 2 is 2.05 bits per heavy atom. The van der Waals surface area contributed by atoms with Crippen LogP contribution in [0.5, 0.6) is 0 Å². The molecule has 0 saturated heterocycles. The Morgan fingerprint density at radius 1 is 1.32 bits per heavy atom. The number of hydrogen-bond acceptors (Lipinski definition) is 3. The van der Waals surface area contributed by atoms with Crippen molar-refractivity contribution in [3.8, 4) is 0 Å². The number of rotatable bonds is 2. The topological polar surface area (TPSA) is 49.4 Å². The fourth-order valence-electron chi connectivity index (χ4n) is 2.29. The van der Waals surface area contributed by atoms with Gasteiger partial charge in [0.1, 0.15) is 0 Å². The van der Waals surface area contributed by atoms with E-state index in [0.29, 0.717) is 0 Å². The van der Waals surface area contributed by atoms with Gasteiger partial charge in [0.05, 0.1) is 0 Å². The number of nitrogens with zero attached hydrogens (tertiary/aromatic N) is 1. The van der Waals surface area contributed by atoms with E-state index in [9.17, 15) is 9.59 Å². The van der Waals surface area contributed by atoms with Gasteiger partial charge in [0.15, 0.2) is 5.78 Å². The number of carbonyl (C=O) groups is 2. The molecule has 0 heterocycles. The Kier molecular flexibility index (Phi) is 3.69. The second kappa shape index (κ2) is 5.26. The highest BCUT2D eigenvalue weighted by atomic mass is 16.1. The number of nitrogens with one attached hydrogen (secondary N) is 1. The van der Waals surface area contributed by atoms with Crippen LogP contribution in [-0.2, 0) is 11.2 Å². The molecule has 0 fully saturated rings. The van der Waals surface area contributed by atoms with E-state index in [1.165, 1.54) is 6.92 Å². The fraction of sp³-hybridized carbons (Fsp3) is 0.333. The second-order valence-corrected chi connectivity index (χ2v) is 5.00. The molecular weight excluding hydrogens is 240 g/mol. The largest absolute Gasteiger partial charge is 0.383 e. The molecule has 4 heteroatoms. The first-order valence-electron chi connectivity index (χ1n) is 6.29. The molecule has 0 aliphatic heterocycles. The lowest BCUT2D eigenvalue weighted by Gasteiger charge is -2.20. The molecule has 1 amide bonds. The molecule has 1 aromatic carbocycles. The third-order valence-corrected chi connectivity index (χ3v) is 3.04. The Balaban J connectivity index is 2.31. The van der Waals surface area contributed by atoms with Crippen LogP contribution in [0.25, 0.3) is 0 Å². The van der Waals surface area contributed by atoms with Crippen molar-refractivity contribution in [3.05, 3.63) is 41.1 Å². The van der Waals surface area contributed by atoms with Gasteiger partial charge in [-0.15, -0.1) is 0 Å². The molecular formula is C15H18N2O2. The number of benzene rings is 1. The summed E-state index contributed by atoms with van der Waals surface area (Å²) in [4.78, 5) is 25.2. The van der Waals surface area contributed by atoms with E-state index < -0.39 is 0 Å². The highest BCUT2D eigenvalue weighted by Gasteiger charge is 2.22. The van der Waals surface area contributed by atoms with Crippen LogP contribution in [0.2, 0.25) is 0 Å². The monoisotopic (exact) mass is 258 g/mol. The van der Waals surface area contributed by atoms with Crippen molar-refractivity contribution in [1.82, 2.24) is 4.90 Å². The number of hydrogen-bond donors (Lipinski definition) is 1. The molecule has 0 bridgehead atoms. The second-order valence-electron chi connectivity index (χ2n) is 5.00. The lowest BCUT2D eigenvalue weighted by atomic mass is 9.87. The minimum absolute atomic E-state index is 0.0873. The Bertz CT molecular complexity index is 559. The molecule has 1 aromatic rings. The number of Topliss-reactive ketones (excluding diaryl/α,β-unsaturated/α-hetero) is 1. The molecule has 0 spiro atoms. The van der Waals surface area contributed by atoms with Crippen LogP contribution in [0.1, 0.15) is 29.3 Å². The molecule has 19 heavy (non-hydrogen) atoms. The predicted molar refractivity (Wildman–Crippen MR) is 75.2 cm³/mol. The van der Waals surface area contributed by atoms with Crippen molar-refractivity contribution in [3.63, 3.8) is 0 Å². The maximum absolute atomic E-state index is 12.3. The molecule has 1 aliphatic carbocycles. The normalized spacial score (nSPS) is 16.2. The summed E-state index contributed by atoms with van der Waals surface area (Å²) in [5.41, 5.74) is 3.34. The summed E-state index contributed by atoms with van der Waals surface area (Å²) in [5, 5.41) is 2.74. The molecule has 0 aromatic heterocycles. The van der Waals surface area contributed by atoms with E-state index in [-0.39, 0.29) is 11.7 Å². The van der Waals surface area contributed by atoms with Crippen molar-refractivity contribution < 1.29 is 9.59 Å². The molecule has 1 aliphatic rings. The zero-order valence-electron chi connectivity index (χ0n) is 11.5. The standard InChI is InChI=1S/C15H18N2O2/c1-10(18)16-13-6-7-14-11(8-13)4-5-12(15(14)19)9-17(2)3/h6-9H,4-5H2,1-3H3,(H,16,18). The summed E-state index contributed by atoms with van der Waals surface area (Å²) in [7, 11) is 3.82. The minimum atomic E-state index is -0.102. The maximum Gasteiger partial charge on any atom is 0.221 e. The van der Waals surface area contributed by atoms with E-state index in [4.69, 9.17) is 0 Å². The average molecular weight is 258 g/mol. The minimum Gasteiger partial charge on any atom is -0.383 e. The summed E-state index contributed by atoms with van der Waals surface area (Å²) >= 11 is 0. The summed E-state index contributed by atoms with van der Waals surface area (Å²) < 4.78 is 0. The van der Waals surface area contributed by atoms with E-state index in [1.807, 2.05) is 31.3 Å². The SMILES string of the molecule is CC(=O)Nc1ccc2c(c1)CCC(=CN(C)C)C2=O. The third-order valence-electron chi connectivity index (χ3n) is 3.04. The number of amides is 1. The van der Waals surface area contributed by atoms with Gasteiger partial charge in [0.2, 0.25) is 5.91 Å². The van der Waals surface area contributed by atoms with Crippen LogP contribution in [0.3, 0.4) is 0 Å². The van der Waals surface area contributed by atoms with E-state index in [2.05, 4.69) is 5.32 Å². The number of aryl methyl sites for hydroxylation is 1. The van der Waals surface area contributed by atoms with Crippen molar-refractivity contribution in [1.29, 1.82) is 0 Å². The van der Waals surface area contributed by atoms with Crippen molar-refractivity contribution in [2.75, 3.05) is 19.4 Å². The summed E-state index contributed by atoms with van der Waals surface area (Å²) in [5.74, 6) is -0.0143. The van der Waals surface area contributed by atoms with Gasteiger partial charge in [-0.25, -0.2) is 0 Å². The summed E-state index contributed by atoms with van der Waals surface area (Å²) in [6.45, 7) is 1.47. The zero-order chi connectivity index (χ0) is 14.0. The molecule has 0 saturated carbocycles. The van der Waals surface area contributed by atoms with E-state index >= 15 is 0 Å². The molecule has 4 nitrogen and oxygen atoms in total. The fourth-order valence-corrected chi connectivity index (χ4v) is 2.29. The molecule has 1 N–H and O–H groups in total. The van der Waals surface area contributed by atoms with Gasteiger partial charge in [-0.05, 0) is 36.6 Å². The number of fused-ring (bicyclic) bond motifs is 1. The number of ketones is 1. The summed E-state index contributed by atoms with van der Waals surface area (Å²) in [6, 6.07) is 5.46. The quantitative estimate of drug-likeness (QED) is 0.827. The molecule has 100 valence electrons. The summed E-state index contributed by atoms with van der Waals surface area (Å²) in [6.07, 6.45) is 3.45. The van der Waals surface area contributed by atoms with E-state index in [0.717, 1.165) is 35.2 Å². The van der Waals surface area contributed by atoms with Gasteiger partial charge in [-0.2, -0.15) is 0 Å². The van der Waals surface area contributed by atoms with Gasteiger partial charge in [0, 0.05) is 44.0 Å². The van der Waals surface area contributed by atoms with Crippen LogP contribution >= 0.6 is 0 Å². The number of anilines is 1. The first-order valence-corrected chi connectivity index (χ1v) is 6.29. The molecule has 0 atom stereocenters. The highest BCUT2D eigenvalue weighted by molar-refractivity contribution is 6.11. The van der Waals surface area contributed by atoms with Gasteiger partial charge >= 0.3 is 0 Å². The van der Waals surface area contributed by atoms with Crippen LogP contribution in [0.4, 0.5) is 5.69 Å². The van der Waals surface area contributed by atoms with Crippen LogP contribution < -0.4 is 5.32 Å². The molecule has 0 radical (unpaired) electrons. The van der Waals surface area contributed by atoms with Crippen molar-refractivity contribution in [2.24, 2.45) is 0 Å². The van der Waals surface area contributed by atoms with Crippen LogP contribution in [0, 0.1) is 0 Å². The Morgan fingerprint density at radius 3 is 2.68 bits per heavy atom. The number of carbonyl (C=O) groups excluding carboxylic acids is 2. The van der Waals surface area contributed by atoms with E-state index in [1.54, 1.807) is 12.1 Å². The Hall–Kier alpha value is -2.10. The van der Waals surface area contributed by atoms with Crippen LogP contribution in [0.15, 0.2) is 30.0 Å². The predicted octanol–water partition coefficient (Wildman–Crippen LogP) is 2.22. The molecule has 2 rings (SSSR count). The van der Waals surface area contributed by atoms with Crippen molar-refractivity contribution in [2.45, 2.75) is 19.8 Å². The highest BCUT2D eigenvalue weighted by Crippen LogP contribution is 2.27. The first-order chi connectivity index (χ1) is 8.97. The zero-order valence-corrected chi connectivity index (χ0v) is 11.5. The average Bonchev–Trinajstić information content (AvgIpc) is 2.31. The third kappa shape index (κ3) is 3.02. The Labute approximate surface area is 113 Å². The first kappa shape index (κ1) is 13.3. The van der Waals surface area contributed by atoms with Gasteiger partial charge in [-0.1, -0.05) is 0 Å². The van der Waals surface area contributed by atoms with Gasteiger partial charge in [0.25, 0.3) is 0 Å². The molecule has 0 unspecified atom stereocenters. The van der Waals surface area contributed by atoms with Gasteiger partial charge < -0.3 is 10.2 Å². The lowest BCUT2D eigenvalue weighted by molar-refractivity contribution is -0.114. The number of allylic oxidation sites excluding steroid dienone is 1. The van der Waals surface area contributed by atoms with Crippen molar-refractivity contribution >= 4 is 17.4 Å². The smallest absolute Gasteiger partial charge is 0.221 e. The van der Waals surface area contributed by atoms with Gasteiger partial charge in [-0.3, -0.25) is 9.59 Å². The lowest BCUT2D eigenvalue weighted by Crippen LogP contribution is -2.17.